The predicted molar refractivity (Wildman–Crippen MR) is 104 cm³/mol. The molecule has 3 aromatic rings. The van der Waals surface area contributed by atoms with Gasteiger partial charge in [-0.15, -0.1) is 0 Å². The van der Waals surface area contributed by atoms with Gasteiger partial charge in [0, 0.05) is 23.2 Å². The Morgan fingerprint density at radius 1 is 1.04 bits per heavy atom. The summed E-state index contributed by atoms with van der Waals surface area (Å²) in [6.45, 7) is 0.614. The molecule has 0 aromatic heterocycles. The zero-order valence-corrected chi connectivity index (χ0v) is 15.0. The zero-order chi connectivity index (χ0) is 18.4. The highest BCUT2D eigenvalue weighted by Crippen LogP contribution is 2.37. The van der Waals surface area contributed by atoms with Crippen LogP contribution in [-0.2, 0) is 6.54 Å². The third kappa shape index (κ3) is 4.55. The molecule has 0 atom stereocenters. The van der Waals surface area contributed by atoms with E-state index in [4.69, 9.17) is 4.74 Å². The highest BCUT2D eigenvalue weighted by Gasteiger charge is 2.16. The number of hydrogen-bond acceptors (Lipinski definition) is 5. The molecule has 0 aliphatic carbocycles. The first kappa shape index (κ1) is 17.8. The fraction of sp³-hybridized carbons (Fsp3) is 0.100. The van der Waals surface area contributed by atoms with Crippen LogP contribution in [0.4, 0.5) is 11.4 Å². The molecule has 132 valence electrons. The molecule has 0 radical (unpaired) electrons. The average molecular weight is 366 g/mol. The molecule has 0 fully saturated rings. The summed E-state index contributed by atoms with van der Waals surface area (Å²) in [6.07, 6.45) is 0. The number of ether oxygens (including phenoxy) is 1. The molecular weight excluding hydrogens is 348 g/mol. The van der Waals surface area contributed by atoms with Crippen molar-refractivity contribution in [2.75, 3.05) is 12.4 Å². The van der Waals surface area contributed by atoms with E-state index in [0.29, 0.717) is 11.4 Å². The molecule has 0 unspecified atom stereocenters. The number of rotatable bonds is 7. The number of nitro benzene ring substituents is 1. The van der Waals surface area contributed by atoms with Crippen LogP contribution >= 0.6 is 11.8 Å². The van der Waals surface area contributed by atoms with Crippen LogP contribution in [0.5, 0.6) is 5.75 Å². The van der Waals surface area contributed by atoms with Gasteiger partial charge in [0.05, 0.1) is 16.9 Å². The molecule has 26 heavy (non-hydrogen) atoms. The van der Waals surface area contributed by atoms with Gasteiger partial charge in [0.1, 0.15) is 5.75 Å². The molecule has 0 amide bonds. The van der Waals surface area contributed by atoms with E-state index >= 15 is 0 Å². The number of methoxy groups -OCH3 is 1. The number of benzene rings is 3. The highest BCUT2D eigenvalue weighted by molar-refractivity contribution is 7.99. The summed E-state index contributed by atoms with van der Waals surface area (Å²) in [7, 11) is 1.61. The Bertz CT molecular complexity index is 883. The fourth-order valence-corrected chi connectivity index (χ4v) is 3.33. The third-order valence-corrected chi connectivity index (χ3v) is 4.86. The van der Waals surface area contributed by atoms with Gasteiger partial charge in [-0.3, -0.25) is 10.1 Å². The first-order valence-corrected chi connectivity index (χ1v) is 8.85. The number of anilines is 1. The van der Waals surface area contributed by atoms with Crippen molar-refractivity contribution >= 4 is 23.1 Å². The van der Waals surface area contributed by atoms with E-state index in [-0.39, 0.29) is 10.6 Å². The van der Waals surface area contributed by atoms with Crippen molar-refractivity contribution in [1.29, 1.82) is 0 Å². The lowest BCUT2D eigenvalue weighted by Crippen LogP contribution is -2.00. The molecule has 0 saturated heterocycles. The van der Waals surface area contributed by atoms with Crippen LogP contribution in [0.1, 0.15) is 5.56 Å². The molecule has 3 aromatic carbocycles. The average Bonchev–Trinajstić information content (AvgIpc) is 2.68. The van der Waals surface area contributed by atoms with E-state index in [1.807, 2.05) is 60.7 Å². The topological polar surface area (TPSA) is 64.4 Å². The van der Waals surface area contributed by atoms with Crippen molar-refractivity contribution in [3.63, 3.8) is 0 Å². The van der Waals surface area contributed by atoms with Crippen LogP contribution < -0.4 is 10.1 Å². The maximum Gasteiger partial charge on any atom is 0.285 e. The second-order valence-corrected chi connectivity index (χ2v) is 6.67. The van der Waals surface area contributed by atoms with E-state index in [1.165, 1.54) is 11.8 Å². The van der Waals surface area contributed by atoms with Crippen molar-refractivity contribution < 1.29 is 9.66 Å². The third-order valence-electron chi connectivity index (χ3n) is 3.78. The van der Waals surface area contributed by atoms with Gasteiger partial charge < -0.3 is 10.1 Å². The Morgan fingerprint density at radius 3 is 2.42 bits per heavy atom. The van der Waals surface area contributed by atoms with Gasteiger partial charge in [0.25, 0.3) is 5.69 Å². The maximum atomic E-state index is 11.5. The normalized spacial score (nSPS) is 10.3. The lowest BCUT2D eigenvalue weighted by molar-refractivity contribution is -0.387. The zero-order valence-electron chi connectivity index (χ0n) is 14.2. The fourth-order valence-electron chi connectivity index (χ4n) is 2.43. The van der Waals surface area contributed by atoms with E-state index < -0.39 is 0 Å². The number of nitro groups is 1. The first-order valence-electron chi connectivity index (χ1n) is 8.04. The number of nitrogens with one attached hydrogen (secondary N) is 1. The maximum absolute atomic E-state index is 11.5. The second-order valence-electron chi connectivity index (χ2n) is 5.56. The Kier molecular flexibility index (Phi) is 5.76. The lowest BCUT2D eigenvalue weighted by atomic mass is 10.2. The van der Waals surface area contributed by atoms with Gasteiger partial charge in [-0.1, -0.05) is 42.1 Å². The van der Waals surface area contributed by atoms with Crippen LogP contribution in [0.2, 0.25) is 0 Å². The number of hydrogen-bond donors (Lipinski definition) is 1. The van der Waals surface area contributed by atoms with Crippen LogP contribution in [0, 0.1) is 10.1 Å². The molecular formula is C20H18N2O3S. The summed E-state index contributed by atoms with van der Waals surface area (Å²) < 4.78 is 5.13. The van der Waals surface area contributed by atoms with Gasteiger partial charge in [0.15, 0.2) is 0 Å². The van der Waals surface area contributed by atoms with Crippen LogP contribution in [0.3, 0.4) is 0 Å². The highest BCUT2D eigenvalue weighted by atomic mass is 32.2. The van der Waals surface area contributed by atoms with Gasteiger partial charge in [-0.2, -0.15) is 0 Å². The molecule has 0 spiro atoms. The SMILES string of the molecule is COc1ccc(Sc2ccc(NCc3ccccc3)cc2[N+](=O)[O-])cc1. The lowest BCUT2D eigenvalue weighted by Gasteiger charge is -2.09. The standard InChI is InChI=1S/C20H18N2O3S/c1-25-17-8-10-18(11-9-17)26-20-12-7-16(13-19(20)22(23)24)21-14-15-5-3-2-4-6-15/h2-13,21H,14H2,1H3. The van der Waals surface area contributed by atoms with E-state index in [9.17, 15) is 10.1 Å². The minimum Gasteiger partial charge on any atom is -0.497 e. The van der Waals surface area contributed by atoms with E-state index in [0.717, 1.165) is 21.9 Å². The van der Waals surface area contributed by atoms with Gasteiger partial charge >= 0.3 is 0 Å². The van der Waals surface area contributed by atoms with Crippen molar-refractivity contribution in [3.05, 3.63) is 88.5 Å². The Morgan fingerprint density at radius 2 is 1.77 bits per heavy atom. The minimum atomic E-state index is -0.348. The van der Waals surface area contributed by atoms with Crippen molar-refractivity contribution in [3.8, 4) is 5.75 Å². The summed E-state index contributed by atoms with van der Waals surface area (Å²) in [4.78, 5) is 12.7. The van der Waals surface area contributed by atoms with Crippen LogP contribution in [-0.4, -0.2) is 12.0 Å². The summed E-state index contributed by atoms with van der Waals surface area (Å²) in [5, 5.41) is 14.7. The summed E-state index contributed by atoms with van der Waals surface area (Å²) >= 11 is 1.36. The van der Waals surface area contributed by atoms with Crippen LogP contribution in [0.25, 0.3) is 0 Å². The molecule has 0 bridgehead atoms. The molecule has 3 rings (SSSR count). The Labute approximate surface area is 156 Å². The van der Waals surface area contributed by atoms with E-state index in [1.54, 1.807) is 19.2 Å². The summed E-state index contributed by atoms with van der Waals surface area (Å²) in [5.41, 5.74) is 1.93. The minimum absolute atomic E-state index is 0.0869. The predicted octanol–water partition coefficient (Wildman–Crippen LogP) is 5.37. The van der Waals surface area contributed by atoms with E-state index in [2.05, 4.69) is 5.32 Å². The molecule has 6 heteroatoms. The molecule has 0 heterocycles. The monoisotopic (exact) mass is 366 g/mol. The van der Waals surface area contributed by atoms with Gasteiger partial charge in [-0.25, -0.2) is 0 Å². The van der Waals surface area contributed by atoms with Gasteiger partial charge in [-0.05, 0) is 42.0 Å². The van der Waals surface area contributed by atoms with Crippen LogP contribution in [0.15, 0.2) is 82.6 Å². The Hall–Kier alpha value is -2.99. The molecule has 0 aliphatic rings. The molecule has 5 nitrogen and oxygen atoms in total. The van der Waals surface area contributed by atoms with Gasteiger partial charge in [0.2, 0.25) is 0 Å². The summed E-state index contributed by atoms with van der Waals surface area (Å²) in [6, 6.07) is 22.6. The van der Waals surface area contributed by atoms with Crippen molar-refractivity contribution in [1.82, 2.24) is 0 Å². The molecule has 0 saturated carbocycles. The largest absolute Gasteiger partial charge is 0.497 e. The molecule has 0 aliphatic heterocycles. The smallest absolute Gasteiger partial charge is 0.285 e. The molecule has 1 N–H and O–H groups in total. The Balaban J connectivity index is 1.76. The number of nitrogens with zero attached hydrogens (tertiary/aromatic N) is 1. The quantitative estimate of drug-likeness (QED) is 0.450. The van der Waals surface area contributed by atoms with Crippen molar-refractivity contribution in [2.45, 2.75) is 16.3 Å². The summed E-state index contributed by atoms with van der Waals surface area (Å²) in [5.74, 6) is 0.754. The first-order chi connectivity index (χ1) is 12.7. The van der Waals surface area contributed by atoms with Crippen molar-refractivity contribution in [2.24, 2.45) is 0 Å². The second kappa shape index (κ2) is 8.40.